The van der Waals surface area contributed by atoms with Crippen LogP contribution in [0.5, 0.6) is 0 Å². The number of rotatable bonds is 6. The fraction of sp³-hybridized carbons (Fsp3) is 0.692. The number of hydrogen-bond donors (Lipinski definition) is 0. The lowest BCUT2D eigenvalue weighted by atomic mass is 9.75. The highest BCUT2D eigenvalue weighted by Crippen LogP contribution is 2.41. The average molecular weight is 354 g/mol. The van der Waals surface area contributed by atoms with Crippen molar-refractivity contribution in [3.8, 4) is 0 Å². The van der Waals surface area contributed by atoms with Gasteiger partial charge in [-0.25, -0.2) is 0 Å². The molecular formula is C13H19BrCl2N2. The molecule has 1 heterocycles. The highest BCUT2D eigenvalue weighted by molar-refractivity contribution is 9.09. The molecule has 0 fully saturated rings. The second-order valence-corrected chi connectivity index (χ2v) is 5.78. The molecule has 5 heteroatoms. The van der Waals surface area contributed by atoms with E-state index < -0.39 is 0 Å². The zero-order valence-electron chi connectivity index (χ0n) is 11.1. The van der Waals surface area contributed by atoms with Gasteiger partial charge in [-0.3, -0.25) is 0 Å². The molecule has 0 amide bonds. The van der Waals surface area contributed by atoms with Gasteiger partial charge in [-0.15, -0.1) is 10.2 Å². The van der Waals surface area contributed by atoms with E-state index in [0.29, 0.717) is 10.3 Å². The van der Waals surface area contributed by atoms with Crippen LogP contribution in [-0.4, -0.2) is 15.5 Å². The molecule has 0 saturated carbocycles. The molecule has 0 aromatic carbocycles. The van der Waals surface area contributed by atoms with Crippen LogP contribution in [-0.2, 0) is 11.8 Å². The van der Waals surface area contributed by atoms with Crippen LogP contribution in [0.2, 0.25) is 10.3 Å². The second-order valence-electron chi connectivity index (χ2n) is 4.51. The normalized spacial score (nSPS) is 14.6. The number of nitrogens with zero attached hydrogens (tertiary/aromatic N) is 2. The molecule has 18 heavy (non-hydrogen) atoms. The minimum atomic E-state index is -0.00322. The smallest absolute Gasteiger partial charge is 0.137 e. The molecule has 0 saturated heterocycles. The molecule has 1 aromatic rings. The number of hydrogen-bond acceptors (Lipinski definition) is 2. The topological polar surface area (TPSA) is 25.8 Å². The van der Waals surface area contributed by atoms with Gasteiger partial charge in [0.2, 0.25) is 0 Å². The quantitative estimate of drug-likeness (QED) is 0.657. The molecule has 0 aliphatic heterocycles. The van der Waals surface area contributed by atoms with E-state index in [4.69, 9.17) is 23.2 Å². The van der Waals surface area contributed by atoms with Gasteiger partial charge in [0.15, 0.2) is 10.3 Å². The van der Waals surface area contributed by atoms with Gasteiger partial charge in [-0.1, -0.05) is 66.3 Å². The van der Waals surface area contributed by atoms with E-state index in [1.807, 2.05) is 0 Å². The highest BCUT2D eigenvalue weighted by atomic mass is 79.9. The van der Waals surface area contributed by atoms with Gasteiger partial charge in [0.25, 0.3) is 0 Å². The summed E-state index contributed by atoms with van der Waals surface area (Å²) in [5.74, 6) is 0. The minimum Gasteiger partial charge on any atom is -0.137 e. The molecule has 0 bridgehead atoms. The molecule has 1 unspecified atom stereocenters. The molecule has 1 aromatic heterocycles. The van der Waals surface area contributed by atoms with Crippen molar-refractivity contribution in [3.63, 3.8) is 0 Å². The first kappa shape index (κ1) is 16.2. The predicted molar refractivity (Wildman–Crippen MR) is 82.1 cm³/mol. The third kappa shape index (κ3) is 3.00. The van der Waals surface area contributed by atoms with Crippen molar-refractivity contribution in [3.05, 3.63) is 21.4 Å². The van der Waals surface area contributed by atoms with E-state index in [0.717, 1.165) is 42.1 Å². The van der Waals surface area contributed by atoms with Crippen LogP contribution < -0.4 is 0 Å². The largest absolute Gasteiger partial charge is 0.155 e. The number of aromatic nitrogens is 2. The van der Waals surface area contributed by atoms with E-state index in [9.17, 15) is 0 Å². The summed E-state index contributed by atoms with van der Waals surface area (Å²) in [7, 11) is 0. The monoisotopic (exact) mass is 352 g/mol. The van der Waals surface area contributed by atoms with Gasteiger partial charge in [-0.05, 0) is 24.8 Å². The lowest BCUT2D eigenvalue weighted by molar-refractivity contribution is 0.419. The first-order valence-electron chi connectivity index (χ1n) is 6.33. The zero-order chi connectivity index (χ0) is 13.8. The summed E-state index contributed by atoms with van der Waals surface area (Å²) >= 11 is 16.1. The summed E-state index contributed by atoms with van der Waals surface area (Å²) < 4.78 is 0. The van der Waals surface area contributed by atoms with Crippen molar-refractivity contribution >= 4 is 39.1 Å². The number of halogens is 3. The van der Waals surface area contributed by atoms with Crippen molar-refractivity contribution in [2.45, 2.75) is 51.9 Å². The molecule has 0 N–H and O–H groups in total. The van der Waals surface area contributed by atoms with Crippen molar-refractivity contribution in [2.75, 3.05) is 5.33 Å². The van der Waals surface area contributed by atoms with E-state index in [2.05, 4.69) is 46.9 Å². The Morgan fingerprint density at radius 3 is 2.17 bits per heavy atom. The van der Waals surface area contributed by atoms with Crippen LogP contribution in [0.4, 0.5) is 0 Å². The average Bonchev–Trinajstić information content (AvgIpc) is 2.39. The van der Waals surface area contributed by atoms with Crippen molar-refractivity contribution in [1.82, 2.24) is 10.2 Å². The predicted octanol–water partition coefficient (Wildman–Crippen LogP) is 5.19. The van der Waals surface area contributed by atoms with E-state index in [1.54, 1.807) is 0 Å². The summed E-state index contributed by atoms with van der Waals surface area (Å²) in [6.07, 6.45) is 3.98. The number of alkyl halides is 1. The zero-order valence-corrected chi connectivity index (χ0v) is 14.2. The van der Waals surface area contributed by atoms with Crippen LogP contribution in [0, 0.1) is 0 Å². The summed E-state index contributed by atoms with van der Waals surface area (Å²) in [5.41, 5.74) is 2.11. The molecule has 1 rings (SSSR count). The summed E-state index contributed by atoms with van der Waals surface area (Å²) in [6, 6.07) is 0. The minimum absolute atomic E-state index is 0.00322. The standard InChI is InChI=1S/C13H19BrCl2N2/c1-4-7-13(6-3,8-14)10-9(5-2)11(15)17-18-12(10)16/h4-8H2,1-3H3. The van der Waals surface area contributed by atoms with E-state index in [1.165, 1.54) is 0 Å². The maximum Gasteiger partial charge on any atom is 0.155 e. The lowest BCUT2D eigenvalue weighted by Crippen LogP contribution is -2.30. The van der Waals surface area contributed by atoms with Crippen LogP contribution in [0.15, 0.2) is 0 Å². The molecule has 0 spiro atoms. The van der Waals surface area contributed by atoms with Crippen LogP contribution >= 0.6 is 39.1 Å². The second kappa shape index (κ2) is 7.06. The Bertz CT molecular complexity index is 406. The Morgan fingerprint density at radius 1 is 1.11 bits per heavy atom. The van der Waals surface area contributed by atoms with Crippen molar-refractivity contribution in [2.24, 2.45) is 0 Å². The highest BCUT2D eigenvalue weighted by Gasteiger charge is 2.34. The first-order chi connectivity index (χ1) is 8.56. The Labute approximate surface area is 128 Å². The Kier molecular flexibility index (Phi) is 6.36. The summed E-state index contributed by atoms with van der Waals surface area (Å²) in [4.78, 5) is 0. The molecule has 1 atom stereocenters. The van der Waals surface area contributed by atoms with Gasteiger partial charge < -0.3 is 0 Å². The van der Waals surface area contributed by atoms with Crippen LogP contribution in [0.3, 0.4) is 0 Å². The fourth-order valence-corrected chi connectivity index (χ4v) is 4.05. The molecule has 0 radical (unpaired) electrons. The molecule has 0 aliphatic carbocycles. The maximum absolute atomic E-state index is 6.30. The van der Waals surface area contributed by atoms with Gasteiger partial charge in [-0.2, -0.15) is 0 Å². The van der Waals surface area contributed by atoms with Gasteiger partial charge in [0.05, 0.1) is 0 Å². The van der Waals surface area contributed by atoms with Crippen LogP contribution in [0.25, 0.3) is 0 Å². The molecular weight excluding hydrogens is 335 g/mol. The molecule has 0 aliphatic rings. The fourth-order valence-electron chi connectivity index (χ4n) is 2.47. The summed E-state index contributed by atoms with van der Waals surface area (Å²) in [5, 5.41) is 9.74. The Morgan fingerprint density at radius 2 is 1.72 bits per heavy atom. The molecule has 102 valence electrons. The van der Waals surface area contributed by atoms with Gasteiger partial charge in [0.1, 0.15) is 0 Å². The Hall–Kier alpha value is 0.140. The van der Waals surface area contributed by atoms with Crippen molar-refractivity contribution < 1.29 is 0 Å². The Balaban J connectivity index is 3.48. The first-order valence-corrected chi connectivity index (χ1v) is 8.21. The van der Waals surface area contributed by atoms with Crippen LogP contribution in [0.1, 0.15) is 51.2 Å². The van der Waals surface area contributed by atoms with Gasteiger partial charge >= 0.3 is 0 Å². The van der Waals surface area contributed by atoms with Gasteiger partial charge in [0, 0.05) is 16.3 Å². The van der Waals surface area contributed by atoms with E-state index >= 15 is 0 Å². The molecule has 2 nitrogen and oxygen atoms in total. The van der Waals surface area contributed by atoms with E-state index in [-0.39, 0.29) is 5.41 Å². The maximum atomic E-state index is 6.30. The summed E-state index contributed by atoms with van der Waals surface area (Å²) in [6.45, 7) is 6.44. The lowest BCUT2D eigenvalue weighted by Gasteiger charge is -2.33. The SMILES string of the molecule is CCCC(CC)(CBr)c1c(Cl)nnc(Cl)c1CC. The third-order valence-corrected chi connectivity index (χ3v) is 5.17. The van der Waals surface area contributed by atoms with Crippen molar-refractivity contribution in [1.29, 1.82) is 0 Å². The third-order valence-electron chi connectivity index (χ3n) is 3.53.